The van der Waals surface area contributed by atoms with Gasteiger partial charge in [0, 0.05) is 0 Å². The Morgan fingerprint density at radius 2 is 1.26 bits per heavy atom. The first-order chi connectivity index (χ1) is 10.4. The van der Waals surface area contributed by atoms with Gasteiger partial charge in [-0.05, 0) is 41.5 Å². The van der Waals surface area contributed by atoms with Crippen LogP contribution in [0.25, 0.3) is 0 Å². The highest BCUT2D eigenvalue weighted by molar-refractivity contribution is 5.89. The Hall–Kier alpha value is -1.67. The minimum absolute atomic E-state index is 0.460. The lowest BCUT2D eigenvalue weighted by atomic mass is 9.94. The van der Waals surface area contributed by atoms with Gasteiger partial charge >= 0.3 is 17.9 Å². The fraction of sp³-hybridized carbons (Fsp3) is 0.800. The van der Waals surface area contributed by atoms with Gasteiger partial charge in [-0.3, -0.25) is 9.59 Å². The summed E-state index contributed by atoms with van der Waals surface area (Å²) in [6.07, 6.45) is -2.39. The summed E-state index contributed by atoms with van der Waals surface area (Å²) in [6.45, 7) is 9.29. The molecule has 8 heteroatoms. The van der Waals surface area contributed by atoms with Crippen molar-refractivity contribution in [3.05, 3.63) is 0 Å². The van der Waals surface area contributed by atoms with Crippen LogP contribution in [0.1, 0.15) is 48.0 Å². The number of esters is 3. The first-order valence-corrected chi connectivity index (χ1v) is 7.43. The first kappa shape index (κ1) is 21.3. The molecule has 0 aromatic carbocycles. The van der Waals surface area contributed by atoms with Crippen LogP contribution in [0.5, 0.6) is 0 Å². The molecule has 0 aromatic rings. The molecule has 0 spiro atoms. The van der Waals surface area contributed by atoms with E-state index in [0.717, 1.165) is 0 Å². The fourth-order valence-corrected chi connectivity index (χ4v) is 1.63. The molecule has 0 amide bonds. The molecular weight excluding hydrogens is 308 g/mol. The Labute approximate surface area is 135 Å². The molecule has 0 saturated heterocycles. The molecule has 0 aliphatic rings. The lowest BCUT2D eigenvalue weighted by molar-refractivity contribution is -0.237. The summed E-state index contributed by atoms with van der Waals surface area (Å²) in [5.41, 5.74) is 0. The Kier molecular flexibility index (Phi) is 8.19. The highest BCUT2D eigenvalue weighted by Crippen LogP contribution is 2.24. The van der Waals surface area contributed by atoms with Gasteiger partial charge in [-0.2, -0.15) is 0 Å². The number of carbonyl (C=O) groups excluding carboxylic acids is 3. The van der Waals surface area contributed by atoms with E-state index in [2.05, 4.69) is 0 Å². The van der Waals surface area contributed by atoms with Crippen molar-refractivity contribution in [3.8, 4) is 0 Å². The minimum atomic E-state index is -3.20. The average Bonchev–Trinajstić information content (AvgIpc) is 2.32. The molecule has 0 rings (SSSR count). The Morgan fingerprint density at radius 3 is 1.65 bits per heavy atom. The molecule has 8 nitrogen and oxygen atoms in total. The van der Waals surface area contributed by atoms with Gasteiger partial charge in [0.15, 0.2) is 0 Å². The zero-order valence-corrected chi connectivity index (χ0v) is 14.4. The van der Waals surface area contributed by atoms with Crippen LogP contribution in [0.15, 0.2) is 0 Å². The van der Waals surface area contributed by atoms with Gasteiger partial charge in [0.05, 0.1) is 24.7 Å². The normalized spacial score (nSPS) is 13.2. The van der Waals surface area contributed by atoms with Crippen molar-refractivity contribution in [1.29, 1.82) is 0 Å². The summed E-state index contributed by atoms with van der Waals surface area (Å²) in [6, 6.07) is 0. The van der Waals surface area contributed by atoms with Gasteiger partial charge in [-0.1, -0.05) is 0 Å². The monoisotopic (exact) mass is 334 g/mol. The summed E-state index contributed by atoms with van der Waals surface area (Å²) in [5.74, 6) is -8.47. The summed E-state index contributed by atoms with van der Waals surface area (Å²) in [4.78, 5) is 35.6. The van der Waals surface area contributed by atoms with Crippen LogP contribution in [0, 0.1) is 5.92 Å². The van der Waals surface area contributed by atoms with Gasteiger partial charge in [-0.25, -0.2) is 4.79 Å². The second-order valence-corrected chi connectivity index (χ2v) is 5.96. The van der Waals surface area contributed by atoms with Crippen LogP contribution < -0.4 is 0 Å². The molecule has 2 N–H and O–H groups in total. The quantitative estimate of drug-likeness (QED) is 0.375. The molecule has 0 aliphatic carbocycles. The predicted octanol–water partition coefficient (Wildman–Crippen LogP) is 0.528. The molecule has 0 radical (unpaired) electrons. The number of hydrogen-bond donors (Lipinski definition) is 2. The molecule has 0 fully saturated rings. The standard InChI is InChI=1S/C15H26O8/c1-8(2)21-12(16)7-11(13(17)22-9(3)4)15(19,20)14(18)23-10(5)6/h8-11,19-20H,7H2,1-6H3. The molecule has 0 bridgehead atoms. The Balaban J connectivity index is 5.34. The van der Waals surface area contributed by atoms with Gasteiger partial charge in [0.25, 0.3) is 5.79 Å². The fourth-order valence-electron chi connectivity index (χ4n) is 1.63. The second kappa shape index (κ2) is 8.83. The van der Waals surface area contributed by atoms with E-state index in [9.17, 15) is 24.6 Å². The van der Waals surface area contributed by atoms with Gasteiger partial charge < -0.3 is 24.4 Å². The van der Waals surface area contributed by atoms with Crippen molar-refractivity contribution >= 4 is 17.9 Å². The summed E-state index contributed by atoms with van der Waals surface area (Å²) in [7, 11) is 0. The number of rotatable bonds is 8. The molecular formula is C15H26O8. The molecule has 0 aliphatic heterocycles. The maximum atomic E-state index is 12.1. The topological polar surface area (TPSA) is 119 Å². The SMILES string of the molecule is CC(C)OC(=O)CC(C(=O)OC(C)C)C(O)(O)C(=O)OC(C)C. The van der Waals surface area contributed by atoms with Crippen molar-refractivity contribution in [2.45, 2.75) is 72.1 Å². The molecule has 0 saturated carbocycles. The van der Waals surface area contributed by atoms with Crippen LogP contribution in [-0.4, -0.2) is 52.2 Å². The molecule has 1 atom stereocenters. The van der Waals surface area contributed by atoms with Crippen LogP contribution in [0.2, 0.25) is 0 Å². The Bertz CT molecular complexity index is 425. The largest absolute Gasteiger partial charge is 0.463 e. The van der Waals surface area contributed by atoms with Gasteiger partial charge in [0.2, 0.25) is 0 Å². The van der Waals surface area contributed by atoms with Crippen LogP contribution >= 0.6 is 0 Å². The van der Waals surface area contributed by atoms with Crippen molar-refractivity contribution < 1.29 is 38.8 Å². The highest BCUT2D eigenvalue weighted by Gasteiger charge is 2.50. The van der Waals surface area contributed by atoms with Gasteiger partial charge in [-0.15, -0.1) is 0 Å². The molecule has 134 valence electrons. The van der Waals surface area contributed by atoms with E-state index < -0.39 is 54.3 Å². The van der Waals surface area contributed by atoms with Crippen molar-refractivity contribution in [2.24, 2.45) is 5.92 Å². The van der Waals surface area contributed by atoms with E-state index in [1.807, 2.05) is 0 Å². The number of ether oxygens (including phenoxy) is 3. The lowest BCUT2D eigenvalue weighted by Gasteiger charge is -2.28. The first-order valence-electron chi connectivity index (χ1n) is 7.43. The van der Waals surface area contributed by atoms with Crippen molar-refractivity contribution in [1.82, 2.24) is 0 Å². The number of aliphatic hydroxyl groups is 2. The van der Waals surface area contributed by atoms with E-state index in [0.29, 0.717) is 0 Å². The summed E-state index contributed by atoms with van der Waals surface area (Å²) in [5, 5.41) is 20.1. The zero-order valence-electron chi connectivity index (χ0n) is 14.4. The Morgan fingerprint density at radius 1 is 0.826 bits per heavy atom. The summed E-state index contributed by atoms with van der Waals surface area (Å²) >= 11 is 0. The maximum absolute atomic E-state index is 12.1. The summed E-state index contributed by atoms with van der Waals surface area (Å²) < 4.78 is 14.5. The predicted molar refractivity (Wildman–Crippen MR) is 79.0 cm³/mol. The maximum Gasteiger partial charge on any atom is 0.367 e. The van der Waals surface area contributed by atoms with Crippen LogP contribution in [-0.2, 0) is 28.6 Å². The second-order valence-electron chi connectivity index (χ2n) is 5.96. The van der Waals surface area contributed by atoms with Crippen LogP contribution in [0.4, 0.5) is 0 Å². The van der Waals surface area contributed by atoms with Crippen molar-refractivity contribution in [2.75, 3.05) is 0 Å². The van der Waals surface area contributed by atoms with E-state index in [1.165, 1.54) is 13.8 Å². The molecule has 23 heavy (non-hydrogen) atoms. The van der Waals surface area contributed by atoms with E-state index in [1.54, 1.807) is 27.7 Å². The van der Waals surface area contributed by atoms with E-state index in [4.69, 9.17) is 14.2 Å². The van der Waals surface area contributed by atoms with Crippen LogP contribution in [0.3, 0.4) is 0 Å². The zero-order chi connectivity index (χ0) is 18.4. The average molecular weight is 334 g/mol. The van der Waals surface area contributed by atoms with Crippen molar-refractivity contribution in [3.63, 3.8) is 0 Å². The lowest BCUT2D eigenvalue weighted by Crippen LogP contribution is -2.52. The third kappa shape index (κ3) is 7.43. The molecule has 0 heterocycles. The number of hydrogen-bond acceptors (Lipinski definition) is 8. The van der Waals surface area contributed by atoms with E-state index >= 15 is 0 Å². The highest BCUT2D eigenvalue weighted by atomic mass is 16.6. The molecule has 0 aromatic heterocycles. The third-order valence-corrected chi connectivity index (χ3v) is 2.50. The van der Waals surface area contributed by atoms with Gasteiger partial charge in [0.1, 0.15) is 5.92 Å². The minimum Gasteiger partial charge on any atom is -0.463 e. The number of carbonyl (C=O) groups is 3. The smallest absolute Gasteiger partial charge is 0.367 e. The molecule has 1 unspecified atom stereocenters. The van der Waals surface area contributed by atoms with E-state index in [-0.39, 0.29) is 0 Å². The third-order valence-electron chi connectivity index (χ3n) is 2.50.